The van der Waals surface area contributed by atoms with Gasteiger partial charge >= 0.3 is 0 Å². The lowest BCUT2D eigenvalue weighted by Gasteiger charge is -2.22. The fourth-order valence-electron chi connectivity index (χ4n) is 3.55. The van der Waals surface area contributed by atoms with Crippen LogP contribution in [-0.4, -0.2) is 33.0 Å². The van der Waals surface area contributed by atoms with E-state index in [2.05, 4.69) is 45.1 Å². The molecule has 0 atom stereocenters. The number of carbonyl (C=O) groups is 1. The Hall–Kier alpha value is -3.12. The summed E-state index contributed by atoms with van der Waals surface area (Å²) in [5.74, 6) is 1.21. The van der Waals surface area contributed by atoms with Gasteiger partial charge in [-0.15, -0.1) is 10.2 Å². The van der Waals surface area contributed by atoms with Crippen LogP contribution in [0.15, 0.2) is 78.0 Å². The van der Waals surface area contributed by atoms with Crippen molar-refractivity contribution in [3.8, 4) is 0 Å². The molecule has 0 aliphatic heterocycles. The SMILES string of the molecule is CCN(C(=O)CSc1nnc(C)n1Cc1ccccc1)c1cccc2ccccc12. The molecule has 4 rings (SSSR count). The zero-order valence-electron chi connectivity index (χ0n) is 17.2. The summed E-state index contributed by atoms with van der Waals surface area (Å²) in [4.78, 5) is 15.0. The zero-order valence-corrected chi connectivity index (χ0v) is 18.0. The number of amides is 1. The minimum absolute atomic E-state index is 0.0609. The molecule has 0 N–H and O–H groups in total. The summed E-state index contributed by atoms with van der Waals surface area (Å²) in [5, 5.41) is 11.5. The van der Waals surface area contributed by atoms with Gasteiger partial charge in [0, 0.05) is 11.9 Å². The highest BCUT2D eigenvalue weighted by molar-refractivity contribution is 7.99. The molecule has 0 aliphatic carbocycles. The molecule has 0 unspecified atom stereocenters. The first-order valence-corrected chi connectivity index (χ1v) is 11.0. The molecule has 4 aromatic rings. The van der Waals surface area contributed by atoms with Gasteiger partial charge < -0.3 is 9.47 Å². The molecule has 5 nitrogen and oxygen atoms in total. The van der Waals surface area contributed by atoms with E-state index in [0.717, 1.165) is 27.4 Å². The van der Waals surface area contributed by atoms with Gasteiger partial charge in [0.2, 0.25) is 5.91 Å². The third-order valence-corrected chi connectivity index (χ3v) is 6.04. The molecule has 1 heterocycles. The number of fused-ring (bicyclic) bond motifs is 1. The normalized spacial score (nSPS) is 11.0. The largest absolute Gasteiger partial charge is 0.311 e. The van der Waals surface area contributed by atoms with Gasteiger partial charge in [0.05, 0.1) is 18.0 Å². The van der Waals surface area contributed by atoms with Crippen LogP contribution in [0.5, 0.6) is 0 Å². The van der Waals surface area contributed by atoms with E-state index in [9.17, 15) is 4.79 Å². The van der Waals surface area contributed by atoms with Gasteiger partial charge in [-0.1, -0.05) is 78.5 Å². The van der Waals surface area contributed by atoms with Gasteiger partial charge in [0.15, 0.2) is 5.16 Å². The monoisotopic (exact) mass is 416 g/mol. The number of carbonyl (C=O) groups excluding carboxylic acids is 1. The summed E-state index contributed by atoms with van der Waals surface area (Å²) >= 11 is 1.44. The third kappa shape index (κ3) is 4.24. The Kier molecular flexibility index (Phi) is 6.14. The second-order valence-corrected chi connectivity index (χ2v) is 7.97. The van der Waals surface area contributed by atoms with Crippen molar-refractivity contribution in [2.45, 2.75) is 25.5 Å². The summed E-state index contributed by atoms with van der Waals surface area (Å²) < 4.78 is 2.06. The highest BCUT2D eigenvalue weighted by Crippen LogP contribution is 2.28. The number of thioether (sulfide) groups is 1. The van der Waals surface area contributed by atoms with E-state index < -0.39 is 0 Å². The van der Waals surface area contributed by atoms with Gasteiger partial charge in [0.1, 0.15) is 5.82 Å². The van der Waals surface area contributed by atoms with Crippen LogP contribution in [-0.2, 0) is 11.3 Å². The first-order chi connectivity index (χ1) is 14.7. The minimum Gasteiger partial charge on any atom is -0.311 e. The second-order valence-electron chi connectivity index (χ2n) is 7.03. The highest BCUT2D eigenvalue weighted by atomic mass is 32.2. The standard InChI is InChI=1S/C24H24N4OS/c1-3-27(22-15-9-13-20-12-7-8-14-21(20)22)23(29)17-30-24-26-25-18(2)28(24)16-19-10-5-4-6-11-19/h4-15H,3,16-17H2,1-2H3. The van der Waals surface area contributed by atoms with Gasteiger partial charge in [-0.25, -0.2) is 0 Å². The highest BCUT2D eigenvalue weighted by Gasteiger charge is 2.18. The molecule has 30 heavy (non-hydrogen) atoms. The van der Waals surface area contributed by atoms with Crippen molar-refractivity contribution < 1.29 is 4.79 Å². The Morgan fingerprint density at radius 3 is 2.50 bits per heavy atom. The number of rotatable bonds is 7. The fraction of sp³-hybridized carbons (Fsp3) is 0.208. The van der Waals surface area contributed by atoms with Crippen molar-refractivity contribution >= 4 is 34.1 Å². The van der Waals surface area contributed by atoms with E-state index in [1.165, 1.54) is 17.3 Å². The first kappa shape index (κ1) is 20.2. The number of aryl methyl sites for hydroxylation is 1. The van der Waals surface area contributed by atoms with Crippen LogP contribution in [0.1, 0.15) is 18.3 Å². The minimum atomic E-state index is 0.0609. The average Bonchev–Trinajstić information content (AvgIpc) is 3.13. The number of hydrogen-bond acceptors (Lipinski definition) is 4. The summed E-state index contributed by atoms with van der Waals surface area (Å²) in [6, 6.07) is 24.4. The molecule has 0 saturated heterocycles. The van der Waals surface area contributed by atoms with Crippen LogP contribution < -0.4 is 4.90 Å². The Labute approximate surface area is 180 Å². The summed E-state index contributed by atoms with van der Waals surface area (Å²) in [5.41, 5.74) is 2.13. The van der Waals surface area contributed by atoms with E-state index in [-0.39, 0.29) is 5.91 Å². The lowest BCUT2D eigenvalue weighted by atomic mass is 10.1. The van der Waals surface area contributed by atoms with Gasteiger partial charge in [0.25, 0.3) is 0 Å². The number of aromatic nitrogens is 3. The van der Waals surface area contributed by atoms with Crippen LogP contribution in [0, 0.1) is 6.92 Å². The van der Waals surface area contributed by atoms with E-state index in [4.69, 9.17) is 0 Å². The molecule has 6 heteroatoms. The Balaban J connectivity index is 1.52. The number of benzene rings is 3. The van der Waals surface area contributed by atoms with E-state index in [1.807, 2.05) is 61.2 Å². The predicted molar refractivity (Wildman–Crippen MR) is 123 cm³/mol. The van der Waals surface area contributed by atoms with Crippen LogP contribution in [0.2, 0.25) is 0 Å². The number of anilines is 1. The van der Waals surface area contributed by atoms with Crippen LogP contribution >= 0.6 is 11.8 Å². The van der Waals surface area contributed by atoms with Crippen molar-refractivity contribution in [1.82, 2.24) is 14.8 Å². The molecule has 1 aromatic heterocycles. The van der Waals surface area contributed by atoms with Crippen molar-refractivity contribution in [2.24, 2.45) is 0 Å². The lowest BCUT2D eigenvalue weighted by Crippen LogP contribution is -2.32. The molecule has 3 aromatic carbocycles. The van der Waals surface area contributed by atoms with E-state index in [1.54, 1.807) is 0 Å². The molecule has 0 spiro atoms. The van der Waals surface area contributed by atoms with E-state index in [0.29, 0.717) is 18.8 Å². The smallest absolute Gasteiger partial charge is 0.237 e. The van der Waals surface area contributed by atoms with Crippen molar-refractivity contribution in [3.05, 3.63) is 84.2 Å². The summed E-state index contributed by atoms with van der Waals surface area (Å²) in [6.45, 7) is 5.25. The molecular weight excluding hydrogens is 392 g/mol. The quantitative estimate of drug-likeness (QED) is 0.401. The average molecular weight is 417 g/mol. The second kappa shape index (κ2) is 9.13. The number of nitrogens with zero attached hydrogens (tertiary/aromatic N) is 4. The molecule has 0 saturated carbocycles. The Morgan fingerprint density at radius 2 is 1.70 bits per heavy atom. The predicted octanol–water partition coefficient (Wildman–Crippen LogP) is 4.93. The third-order valence-electron chi connectivity index (χ3n) is 5.08. The molecule has 0 bridgehead atoms. The van der Waals surface area contributed by atoms with Crippen molar-refractivity contribution in [2.75, 3.05) is 17.2 Å². The molecular formula is C24H24N4OS. The lowest BCUT2D eigenvalue weighted by molar-refractivity contribution is -0.116. The Bertz CT molecular complexity index is 1150. The van der Waals surface area contributed by atoms with Crippen LogP contribution in [0.3, 0.4) is 0 Å². The van der Waals surface area contributed by atoms with E-state index >= 15 is 0 Å². The Morgan fingerprint density at radius 1 is 0.967 bits per heavy atom. The molecule has 152 valence electrons. The first-order valence-electron chi connectivity index (χ1n) is 10.0. The number of hydrogen-bond donors (Lipinski definition) is 0. The molecule has 1 amide bonds. The molecule has 0 aliphatic rings. The molecule has 0 fully saturated rings. The van der Waals surface area contributed by atoms with Crippen LogP contribution in [0.4, 0.5) is 5.69 Å². The fourth-order valence-corrected chi connectivity index (χ4v) is 4.40. The molecule has 0 radical (unpaired) electrons. The van der Waals surface area contributed by atoms with Crippen molar-refractivity contribution in [1.29, 1.82) is 0 Å². The maximum Gasteiger partial charge on any atom is 0.237 e. The summed E-state index contributed by atoms with van der Waals surface area (Å²) in [7, 11) is 0. The summed E-state index contributed by atoms with van der Waals surface area (Å²) in [6.07, 6.45) is 0. The van der Waals surface area contributed by atoms with Gasteiger partial charge in [-0.3, -0.25) is 4.79 Å². The van der Waals surface area contributed by atoms with Crippen LogP contribution in [0.25, 0.3) is 10.8 Å². The maximum absolute atomic E-state index is 13.1. The van der Waals surface area contributed by atoms with Gasteiger partial charge in [-0.2, -0.15) is 0 Å². The van der Waals surface area contributed by atoms with Gasteiger partial charge in [-0.05, 0) is 30.9 Å². The van der Waals surface area contributed by atoms with Crippen molar-refractivity contribution in [3.63, 3.8) is 0 Å². The maximum atomic E-state index is 13.1. The zero-order chi connectivity index (χ0) is 20.9. The topological polar surface area (TPSA) is 51.0 Å².